The number of rotatable bonds is 7. The summed E-state index contributed by atoms with van der Waals surface area (Å²) < 4.78 is 21.4. The van der Waals surface area contributed by atoms with Crippen LogP contribution in [0.2, 0.25) is 5.02 Å². The van der Waals surface area contributed by atoms with E-state index in [4.69, 9.17) is 16.3 Å². The highest BCUT2D eigenvalue weighted by Gasteiger charge is 2.43. The summed E-state index contributed by atoms with van der Waals surface area (Å²) in [5, 5.41) is 11.4. The largest absolute Gasteiger partial charge is 0.491 e. The van der Waals surface area contributed by atoms with Crippen LogP contribution in [0, 0.1) is 23.6 Å². The van der Waals surface area contributed by atoms with Gasteiger partial charge in [-0.2, -0.15) is 0 Å². The molecule has 2 fully saturated rings. The molecule has 10 heteroatoms. The summed E-state index contributed by atoms with van der Waals surface area (Å²) in [6, 6.07) is 4.75. The number of nitrogens with zero attached hydrogens (tertiary/aromatic N) is 7. The maximum Gasteiger partial charge on any atom is 0.225 e. The molecule has 0 radical (unpaired) electrons. The van der Waals surface area contributed by atoms with Crippen molar-refractivity contribution in [2.75, 3.05) is 24.6 Å². The van der Waals surface area contributed by atoms with E-state index in [1.54, 1.807) is 24.5 Å². The molecule has 1 aliphatic heterocycles. The van der Waals surface area contributed by atoms with Gasteiger partial charge in [0, 0.05) is 19.2 Å². The highest BCUT2D eigenvalue weighted by molar-refractivity contribution is 6.30. The van der Waals surface area contributed by atoms with Crippen molar-refractivity contribution in [1.82, 2.24) is 30.2 Å². The number of hydrogen-bond donors (Lipinski definition) is 0. The van der Waals surface area contributed by atoms with Gasteiger partial charge >= 0.3 is 0 Å². The van der Waals surface area contributed by atoms with Gasteiger partial charge in [-0.1, -0.05) is 11.6 Å². The fourth-order valence-corrected chi connectivity index (χ4v) is 4.62. The van der Waals surface area contributed by atoms with E-state index in [0.29, 0.717) is 23.2 Å². The molecule has 0 spiro atoms. The van der Waals surface area contributed by atoms with Crippen molar-refractivity contribution >= 4 is 17.5 Å². The van der Waals surface area contributed by atoms with Crippen LogP contribution in [0.15, 0.2) is 36.9 Å². The van der Waals surface area contributed by atoms with Crippen molar-refractivity contribution < 1.29 is 9.13 Å². The minimum absolute atomic E-state index is 0.269. The second-order valence-electron chi connectivity index (χ2n) is 8.19. The number of ether oxygens (including phenoxy) is 1. The van der Waals surface area contributed by atoms with Crippen LogP contribution in [-0.4, -0.2) is 49.9 Å². The van der Waals surface area contributed by atoms with Crippen LogP contribution in [0.5, 0.6) is 5.75 Å². The summed E-state index contributed by atoms with van der Waals surface area (Å²) in [4.78, 5) is 10.9. The Labute approximate surface area is 184 Å². The van der Waals surface area contributed by atoms with Crippen molar-refractivity contribution in [2.24, 2.45) is 17.8 Å². The summed E-state index contributed by atoms with van der Waals surface area (Å²) >= 11 is 5.87. The Morgan fingerprint density at radius 1 is 1.16 bits per heavy atom. The van der Waals surface area contributed by atoms with Crippen molar-refractivity contribution in [3.8, 4) is 11.4 Å². The van der Waals surface area contributed by atoms with E-state index in [1.165, 1.54) is 23.5 Å². The molecule has 2 aliphatic rings. The van der Waals surface area contributed by atoms with Gasteiger partial charge in [-0.25, -0.2) is 19.0 Å². The lowest BCUT2D eigenvalue weighted by molar-refractivity contribution is 0.274. The zero-order valence-electron chi connectivity index (χ0n) is 16.9. The molecule has 0 N–H and O–H groups in total. The smallest absolute Gasteiger partial charge is 0.225 e. The second kappa shape index (κ2) is 8.74. The van der Waals surface area contributed by atoms with Crippen molar-refractivity contribution in [2.45, 2.75) is 25.7 Å². The fourth-order valence-electron chi connectivity index (χ4n) is 4.53. The van der Waals surface area contributed by atoms with Gasteiger partial charge in [0.25, 0.3) is 0 Å². The van der Waals surface area contributed by atoms with Crippen molar-refractivity contribution in [1.29, 1.82) is 0 Å². The van der Waals surface area contributed by atoms with E-state index in [0.717, 1.165) is 50.1 Å². The Hall–Kier alpha value is -2.81. The van der Waals surface area contributed by atoms with Crippen LogP contribution in [-0.2, 0) is 0 Å². The molecule has 0 unspecified atom stereocenters. The zero-order chi connectivity index (χ0) is 21.2. The predicted molar refractivity (Wildman–Crippen MR) is 113 cm³/mol. The van der Waals surface area contributed by atoms with E-state index >= 15 is 0 Å². The average Bonchev–Trinajstić information content (AvgIpc) is 3.34. The molecule has 3 aromatic rings. The lowest BCUT2D eigenvalue weighted by Gasteiger charge is -2.32. The molecule has 1 saturated carbocycles. The number of anilines is 1. The van der Waals surface area contributed by atoms with Gasteiger partial charge < -0.3 is 9.64 Å². The van der Waals surface area contributed by atoms with E-state index in [9.17, 15) is 4.39 Å². The average molecular weight is 444 g/mol. The Morgan fingerprint density at radius 2 is 1.97 bits per heavy atom. The second-order valence-corrected chi connectivity index (χ2v) is 8.63. The zero-order valence-corrected chi connectivity index (χ0v) is 17.7. The van der Waals surface area contributed by atoms with Crippen molar-refractivity contribution in [3.63, 3.8) is 0 Å². The van der Waals surface area contributed by atoms with Crippen LogP contribution in [0.25, 0.3) is 5.69 Å². The molecule has 2 atom stereocenters. The van der Waals surface area contributed by atoms with Gasteiger partial charge in [0.05, 0.1) is 29.7 Å². The quantitative estimate of drug-likeness (QED) is 0.552. The molecule has 0 amide bonds. The Bertz CT molecular complexity index is 1010. The third-order valence-corrected chi connectivity index (χ3v) is 6.48. The summed E-state index contributed by atoms with van der Waals surface area (Å²) in [6.07, 6.45) is 9.23. The van der Waals surface area contributed by atoms with Gasteiger partial charge in [-0.05, 0) is 66.0 Å². The predicted octanol–water partition coefficient (Wildman–Crippen LogP) is 3.57. The van der Waals surface area contributed by atoms with Gasteiger partial charge in [0.1, 0.15) is 6.33 Å². The van der Waals surface area contributed by atoms with Gasteiger partial charge in [-0.15, -0.1) is 5.10 Å². The van der Waals surface area contributed by atoms with E-state index in [-0.39, 0.29) is 5.75 Å². The minimum Gasteiger partial charge on any atom is -0.491 e. The van der Waals surface area contributed by atoms with Crippen LogP contribution >= 0.6 is 11.6 Å². The Balaban J connectivity index is 1.06. The molecule has 162 valence electrons. The van der Waals surface area contributed by atoms with Gasteiger partial charge in [-0.3, -0.25) is 0 Å². The number of aromatic nitrogens is 6. The number of tetrazole rings is 1. The molecule has 3 heterocycles. The topological polar surface area (TPSA) is 81.9 Å². The molecule has 1 aromatic carbocycles. The molecule has 31 heavy (non-hydrogen) atoms. The van der Waals surface area contributed by atoms with Crippen LogP contribution < -0.4 is 9.64 Å². The first-order valence-corrected chi connectivity index (χ1v) is 10.9. The molecular weight excluding hydrogens is 421 g/mol. The van der Waals surface area contributed by atoms with Gasteiger partial charge in [0.2, 0.25) is 5.95 Å². The lowest BCUT2D eigenvalue weighted by Crippen LogP contribution is -2.35. The number of hydrogen-bond acceptors (Lipinski definition) is 7. The highest BCUT2D eigenvalue weighted by Crippen LogP contribution is 2.49. The van der Waals surface area contributed by atoms with Crippen molar-refractivity contribution in [3.05, 3.63) is 47.8 Å². The van der Waals surface area contributed by atoms with Crippen LogP contribution in [0.3, 0.4) is 0 Å². The molecule has 8 nitrogen and oxygen atoms in total. The van der Waals surface area contributed by atoms with E-state index in [1.807, 2.05) is 0 Å². The highest BCUT2D eigenvalue weighted by atomic mass is 35.5. The summed E-state index contributed by atoms with van der Waals surface area (Å²) in [7, 11) is 0. The third-order valence-electron chi connectivity index (χ3n) is 6.29. The first-order valence-electron chi connectivity index (χ1n) is 10.6. The monoisotopic (exact) mass is 443 g/mol. The molecule has 1 aliphatic carbocycles. The van der Waals surface area contributed by atoms with Gasteiger partial charge in [0.15, 0.2) is 11.6 Å². The standard InChI is InChI=1S/C21H23ClFN7O/c22-16-11-24-21(25-12-16)29-6-3-14(4-7-29)18-9-15(18)5-8-31-20-2-1-17(10-19(20)23)30-13-26-27-28-30/h1-2,10-15,18H,3-9H2/t15-,18+/m0/s1. The third kappa shape index (κ3) is 4.61. The van der Waals surface area contributed by atoms with E-state index in [2.05, 4.69) is 30.4 Å². The molecule has 5 rings (SSSR count). The Morgan fingerprint density at radius 3 is 2.68 bits per heavy atom. The number of benzene rings is 1. The maximum atomic E-state index is 14.3. The first kappa shape index (κ1) is 20.1. The van der Waals surface area contributed by atoms with Crippen LogP contribution in [0.4, 0.5) is 10.3 Å². The number of halogens is 2. The summed E-state index contributed by atoms with van der Waals surface area (Å²) in [6.45, 7) is 2.48. The summed E-state index contributed by atoms with van der Waals surface area (Å²) in [5.74, 6) is 2.79. The molecule has 0 bridgehead atoms. The first-order chi connectivity index (χ1) is 15.2. The normalized spacial score (nSPS) is 21.3. The fraction of sp³-hybridized carbons (Fsp3) is 0.476. The summed E-state index contributed by atoms with van der Waals surface area (Å²) in [5.41, 5.74) is 0.562. The number of piperidine rings is 1. The minimum atomic E-state index is -0.405. The molecule has 2 aromatic heterocycles. The van der Waals surface area contributed by atoms with Crippen LogP contribution in [0.1, 0.15) is 25.7 Å². The lowest BCUT2D eigenvalue weighted by atomic mass is 9.90. The van der Waals surface area contributed by atoms with E-state index < -0.39 is 5.82 Å². The molecular formula is C21H23ClFN7O. The Kier molecular flexibility index (Phi) is 5.67. The SMILES string of the molecule is Fc1cc(-n2cnnn2)ccc1OCC[C@H]1C[C@@H]1C1CCN(c2ncc(Cl)cn2)CC1. The maximum absolute atomic E-state index is 14.3. The molecule has 1 saturated heterocycles.